The number of Topliss-reactive ketones (excluding diaryl/α,β-unsaturated/α-hetero) is 1. The van der Waals surface area contributed by atoms with Crippen LogP contribution in [0.3, 0.4) is 0 Å². The summed E-state index contributed by atoms with van der Waals surface area (Å²) in [7, 11) is -3.61. The van der Waals surface area contributed by atoms with Crippen LogP contribution >= 0.6 is 0 Å². The molecule has 3 aliphatic rings. The summed E-state index contributed by atoms with van der Waals surface area (Å²) < 4.78 is 32.2. The van der Waals surface area contributed by atoms with Crippen molar-refractivity contribution in [2.24, 2.45) is 10.7 Å². The van der Waals surface area contributed by atoms with Crippen LogP contribution in [0.5, 0.6) is 5.88 Å². The van der Waals surface area contributed by atoms with E-state index in [2.05, 4.69) is 14.8 Å². The predicted octanol–water partition coefficient (Wildman–Crippen LogP) is 2.53. The number of rotatable bonds is 3. The van der Waals surface area contributed by atoms with E-state index in [0.29, 0.717) is 42.0 Å². The van der Waals surface area contributed by atoms with Crippen molar-refractivity contribution in [1.29, 1.82) is 0 Å². The van der Waals surface area contributed by atoms with Gasteiger partial charge in [-0.3, -0.25) is 14.8 Å². The number of hydrogen-bond donors (Lipinski definition) is 1. The largest absolute Gasteiger partial charge is 0.477 e. The molecule has 2 N–H and O–H groups in total. The third-order valence-electron chi connectivity index (χ3n) is 7.13. The number of amidine groups is 1. The van der Waals surface area contributed by atoms with Gasteiger partial charge < -0.3 is 10.5 Å². The van der Waals surface area contributed by atoms with Crippen LogP contribution in [0, 0.1) is 6.57 Å². The number of carbonyl (C=O) groups is 1. The summed E-state index contributed by atoms with van der Waals surface area (Å²) in [5.41, 5.74) is 6.85. The maximum absolute atomic E-state index is 13.7. The van der Waals surface area contributed by atoms with Crippen LogP contribution in [0.4, 0.5) is 5.69 Å². The maximum atomic E-state index is 13.7. The van der Waals surface area contributed by atoms with Gasteiger partial charge in [-0.2, -0.15) is 0 Å². The minimum atomic E-state index is -3.61. The van der Waals surface area contributed by atoms with E-state index in [1.807, 2.05) is 0 Å². The molecule has 10 heteroatoms. The minimum Gasteiger partial charge on any atom is -0.477 e. The molecule has 1 saturated carbocycles. The van der Waals surface area contributed by atoms with Gasteiger partial charge >= 0.3 is 0 Å². The fourth-order valence-corrected chi connectivity index (χ4v) is 8.01. The second-order valence-electron chi connectivity index (χ2n) is 8.97. The number of fused-ring (bicyclic) bond motifs is 3. The molecule has 170 valence electrons. The Labute approximate surface area is 191 Å². The highest BCUT2D eigenvalue weighted by Crippen LogP contribution is 2.53. The van der Waals surface area contributed by atoms with E-state index in [4.69, 9.17) is 22.0 Å². The van der Waals surface area contributed by atoms with Gasteiger partial charge in [-0.05, 0) is 43.9 Å². The molecule has 0 unspecified atom stereocenters. The van der Waals surface area contributed by atoms with E-state index in [0.717, 1.165) is 6.42 Å². The molecule has 5 rings (SSSR count). The molecule has 1 aliphatic carbocycles. The molecule has 0 radical (unpaired) electrons. The van der Waals surface area contributed by atoms with Crippen molar-refractivity contribution in [3.05, 3.63) is 58.8 Å². The van der Waals surface area contributed by atoms with Gasteiger partial charge in [-0.15, -0.1) is 0 Å². The number of nitrogens with two attached hydrogens (primary N) is 1. The number of carbonyl (C=O) groups excluding carboxylic acids is 1. The molecule has 2 aromatic rings. The van der Waals surface area contributed by atoms with E-state index >= 15 is 0 Å². The number of nitrogens with zero attached hydrogens (tertiary/aromatic N) is 4. The molecule has 0 amide bonds. The van der Waals surface area contributed by atoms with Crippen LogP contribution in [0.15, 0.2) is 35.6 Å². The third-order valence-corrected chi connectivity index (χ3v) is 10.3. The Morgan fingerprint density at radius 3 is 2.73 bits per heavy atom. The first-order chi connectivity index (χ1) is 15.7. The predicted molar refractivity (Wildman–Crippen MR) is 121 cm³/mol. The van der Waals surface area contributed by atoms with E-state index in [-0.39, 0.29) is 30.3 Å². The molecular formula is C23H23N5O4S. The van der Waals surface area contributed by atoms with Crippen molar-refractivity contribution in [3.63, 3.8) is 0 Å². The first kappa shape index (κ1) is 21.5. The van der Waals surface area contributed by atoms with Crippen molar-refractivity contribution in [1.82, 2.24) is 9.97 Å². The summed E-state index contributed by atoms with van der Waals surface area (Å²) >= 11 is 0. The SMILES string of the molecule is [C-]#[N+]c1ccc(C(=O)Cc2cnc3c(c2)[C@@]2(C)N=C(N)C4(CCC4)S(=O)(=O)[C@@H]2CCO3)nc1. The number of ether oxygens (including phenoxy) is 1. The first-order valence-corrected chi connectivity index (χ1v) is 12.3. The molecule has 33 heavy (non-hydrogen) atoms. The van der Waals surface area contributed by atoms with Gasteiger partial charge in [0, 0.05) is 30.8 Å². The topological polar surface area (TPSA) is 129 Å². The Balaban J connectivity index is 1.54. The highest BCUT2D eigenvalue weighted by atomic mass is 32.2. The van der Waals surface area contributed by atoms with Crippen LogP contribution in [-0.2, 0) is 21.8 Å². The summed E-state index contributed by atoms with van der Waals surface area (Å²) in [6.45, 7) is 8.97. The molecule has 4 heterocycles. The molecular weight excluding hydrogens is 442 g/mol. The average molecular weight is 466 g/mol. The molecule has 0 aromatic carbocycles. The van der Waals surface area contributed by atoms with Gasteiger partial charge in [0.1, 0.15) is 21.8 Å². The lowest BCUT2D eigenvalue weighted by Crippen LogP contribution is -2.65. The van der Waals surface area contributed by atoms with Gasteiger partial charge in [-0.1, -0.05) is 6.07 Å². The number of sulfone groups is 1. The molecule has 1 fully saturated rings. The second-order valence-corrected chi connectivity index (χ2v) is 11.4. The zero-order valence-electron chi connectivity index (χ0n) is 18.1. The van der Waals surface area contributed by atoms with Crippen molar-refractivity contribution >= 4 is 27.1 Å². The zero-order chi connectivity index (χ0) is 23.4. The van der Waals surface area contributed by atoms with Crippen LogP contribution < -0.4 is 10.5 Å². The molecule has 2 aliphatic heterocycles. The molecule has 0 saturated heterocycles. The van der Waals surface area contributed by atoms with E-state index in [1.165, 1.54) is 12.3 Å². The maximum Gasteiger partial charge on any atom is 0.219 e. The summed E-state index contributed by atoms with van der Waals surface area (Å²) in [5, 5.41) is -0.783. The lowest BCUT2D eigenvalue weighted by molar-refractivity contribution is 0.0988. The molecule has 9 nitrogen and oxygen atoms in total. The lowest BCUT2D eigenvalue weighted by Gasteiger charge is -2.50. The summed E-state index contributed by atoms with van der Waals surface area (Å²) in [6, 6.07) is 4.81. The van der Waals surface area contributed by atoms with Crippen molar-refractivity contribution in [2.75, 3.05) is 6.61 Å². The van der Waals surface area contributed by atoms with E-state index in [9.17, 15) is 13.2 Å². The van der Waals surface area contributed by atoms with Crippen molar-refractivity contribution in [3.8, 4) is 5.88 Å². The van der Waals surface area contributed by atoms with Crippen molar-refractivity contribution < 1.29 is 17.9 Å². The Bertz CT molecular complexity index is 1330. The quantitative estimate of drug-likeness (QED) is 0.545. The van der Waals surface area contributed by atoms with Crippen LogP contribution in [-0.4, -0.2) is 46.6 Å². The number of ketones is 1. The van der Waals surface area contributed by atoms with E-state index < -0.39 is 25.4 Å². The number of pyridine rings is 2. The number of hydrogen-bond acceptors (Lipinski definition) is 8. The monoisotopic (exact) mass is 465 g/mol. The molecule has 0 bridgehead atoms. The minimum absolute atomic E-state index is 0.0152. The number of aromatic nitrogens is 2. The van der Waals surface area contributed by atoms with Gasteiger partial charge in [0.25, 0.3) is 0 Å². The highest BCUT2D eigenvalue weighted by Gasteiger charge is 2.63. The van der Waals surface area contributed by atoms with E-state index in [1.54, 1.807) is 25.3 Å². The standard InChI is InChI=1S/C23H23N5O4S/c1-22-16-10-14(11-18(29)17-5-4-15(25-2)13-26-17)12-27-20(16)32-9-6-19(22)33(30,31)23(7-3-8-23)21(24)28-22/h4-5,10,12-13,19H,3,6-9,11H2,1H3,(H2,24,28)/t19-,22-/m1/s1. The van der Waals surface area contributed by atoms with Gasteiger partial charge in [0.15, 0.2) is 15.6 Å². The summed E-state index contributed by atoms with van der Waals surface area (Å²) in [4.78, 5) is 29.3. The Morgan fingerprint density at radius 2 is 2.09 bits per heavy atom. The smallest absolute Gasteiger partial charge is 0.219 e. The summed E-state index contributed by atoms with van der Waals surface area (Å²) in [6.07, 6.45) is 5.01. The molecule has 2 aromatic heterocycles. The van der Waals surface area contributed by atoms with Crippen LogP contribution in [0.2, 0.25) is 0 Å². The molecule has 2 atom stereocenters. The van der Waals surface area contributed by atoms with Crippen molar-refractivity contribution in [2.45, 2.75) is 54.6 Å². The normalized spacial score (nSPS) is 26.4. The zero-order valence-corrected chi connectivity index (χ0v) is 18.9. The van der Waals surface area contributed by atoms with Crippen LogP contribution in [0.25, 0.3) is 4.85 Å². The van der Waals surface area contributed by atoms with Gasteiger partial charge in [0.2, 0.25) is 11.6 Å². The Hall–Kier alpha value is -3.32. The number of aliphatic imine (C=N–C) groups is 1. The lowest BCUT2D eigenvalue weighted by atomic mass is 9.81. The third kappa shape index (κ3) is 3.06. The fraction of sp³-hybridized carbons (Fsp3) is 0.435. The Kier molecular flexibility index (Phi) is 4.79. The van der Waals surface area contributed by atoms with Crippen LogP contribution in [0.1, 0.15) is 54.2 Å². The second kappa shape index (κ2) is 7.35. The molecule has 1 spiro atoms. The summed E-state index contributed by atoms with van der Waals surface area (Å²) in [5.74, 6) is 0.232. The average Bonchev–Trinajstić information content (AvgIpc) is 2.89. The highest BCUT2D eigenvalue weighted by molar-refractivity contribution is 7.94. The fourth-order valence-electron chi connectivity index (χ4n) is 5.08. The van der Waals surface area contributed by atoms with Gasteiger partial charge in [0.05, 0.1) is 18.4 Å². The first-order valence-electron chi connectivity index (χ1n) is 10.8. The Morgan fingerprint density at radius 1 is 1.30 bits per heavy atom. The van der Waals surface area contributed by atoms with Gasteiger partial charge in [-0.25, -0.2) is 18.2 Å².